The largest absolute Gasteiger partial charge is 0.317 e. The fourth-order valence-corrected chi connectivity index (χ4v) is 0.604. The normalized spacial score (nSPS) is 18.5. The van der Waals surface area contributed by atoms with Gasteiger partial charge in [0.05, 0.1) is 0 Å². The van der Waals surface area contributed by atoms with Crippen molar-refractivity contribution in [2.45, 2.75) is 0 Å². The summed E-state index contributed by atoms with van der Waals surface area (Å²) in [6, 6.07) is 0. The van der Waals surface area contributed by atoms with E-state index in [4.69, 9.17) is 5.41 Å². The van der Waals surface area contributed by atoms with E-state index in [1.54, 1.807) is 0 Å². The molecule has 1 heterocycles. The Morgan fingerprint density at radius 3 is 1.25 bits per heavy atom. The van der Waals surface area contributed by atoms with Crippen molar-refractivity contribution >= 4 is 6.72 Å². The molecule has 0 unspecified atom stereocenters. The predicted octanol–water partition coefficient (Wildman–Crippen LogP) is -0.555. The molecule has 48 valence electrons. The molecular weight excluding hydrogens is 102 g/mol. The van der Waals surface area contributed by atoms with Crippen LogP contribution in [0.1, 0.15) is 0 Å². The summed E-state index contributed by atoms with van der Waals surface area (Å²) in [7, 11) is 0. The SMILES string of the molecule is C1CNCCN1.C=N. The monoisotopic (exact) mass is 115 g/mol. The number of rotatable bonds is 0. The third-order valence-corrected chi connectivity index (χ3v) is 0.957. The molecular formula is C5H13N3. The molecule has 0 bridgehead atoms. The summed E-state index contributed by atoms with van der Waals surface area (Å²) in [5.74, 6) is 0. The third kappa shape index (κ3) is 3.77. The van der Waals surface area contributed by atoms with Gasteiger partial charge in [-0.05, 0) is 6.72 Å². The first-order chi connectivity index (χ1) is 4.00. The van der Waals surface area contributed by atoms with Gasteiger partial charge in [0.25, 0.3) is 0 Å². The highest BCUT2D eigenvalue weighted by molar-refractivity contribution is 5.15. The van der Waals surface area contributed by atoms with Gasteiger partial charge < -0.3 is 16.0 Å². The van der Waals surface area contributed by atoms with E-state index in [1.807, 2.05) is 0 Å². The van der Waals surface area contributed by atoms with Crippen molar-refractivity contribution in [3.8, 4) is 0 Å². The topological polar surface area (TPSA) is 47.9 Å². The van der Waals surface area contributed by atoms with Crippen molar-refractivity contribution in [1.82, 2.24) is 10.6 Å². The quantitative estimate of drug-likeness (QED) is 0.371. The summed E-state index contributed by atoms with van der Waals surface area (Å²) in [6.45, 7) is 7.06. The Balaban J connectivity index is 0.000000222. The molecule has 0 aromatic carbocycles. The molecule has 1 aliphatic rings. The Kier molecular flexibility index (Phi) is 6.25. The molecule has 3 heteroatoms. The molecule has 0 aromatic rings. The highest BCUT2D eigenvalue weighted by atomic mass is 15.0. The van der Waals surface area contributed by atoms with E-state index in [-0.39, 0.29) is 0 Å². The van der Waals surface area contributed by atoms with Gasteiger partial charge in [-0.25, -0.2) is 0 Å². The zero-order valence-corrected chi connectivity index (χ0v) is 5.04. The fraction of sp³-hybridized carbons (Fsp3) is 0.800. The Labute approximate surface area is 50.0 Å². The number of hydrogen-bond acceptors (Lipinski definition) is 3. The fourth-order valence-electron chi connectivity index (χ4n) is 0.604. The van der Waals surface area contributed by atoms with Gasteiger partial charge in [-0.1, -0.05) is 0 Å². The van der Waals surface area contributed by atoms with Crippen LogP contribution in [0.2, 0.25) is 0 Å². The van der Waals surface area contributed by atoms with E-state index in [2.05, 4.69) is 17.4 Å². The molecule has 3 N–H and O–H groups in total. The predicted molar refractivity (Wildman–Crippen MR) is 35.6 cm³/mol. The molecule has 1 aliphatic heterocycles. The summed E-state index contributed by atoms with van der Waals surface area (Å²) in [5.41, 5.74) is 0. The van der Waals surface area contributed by atoms with Crippen LogP contribution in [-0.2, 0) is 0 Å². The molecule has 0 aliphatic carbocycles. The van der Waals surface area contributed by atoms with Gasteiger partial charge >= 0.3 is 0 Å². The maximum atomic E-state index is 5.50. The molecule has 8 heavy (non-hydrogen) atoms. The minimum absolute atomic E-state index is 1.14. The standard InChI is InChI=1S/C4H10N2.CH3N/c1-2-6-4-3-5-1;1-2/h5-6H,1-4H2;2H,1H2. The van der Waals surface area contributed by atoms with Crippen LogP contribution in [0.3, 0.4) is 0 Å². The van der Waals surface area contributed by atoms with E-state index >= 15 is 0 Å². The third-order valence-electron chi connectivity index (χ3n) is 0.957. The van der Waals surface area contributed by atoms with E-state index < -0.39 is 0 Å². The second-order valence-electron chi connectivity index (χ2n) is 1.50. The van der Waals surface area contributed by atoms with Crippen LogP contribution in [0, 0.1) is 5.41 Å². The molecule has 1 rings (SSSR count). The molecule has 0 saturated carbocycles. The molecule has 0 spiro atoms. The van der Waals surface area contributed by atoms with E-state index in [9.17, 15) is 0 Å². The Bertz CT molecular complexity index is 31.4. The lowest BCUT2D eigenvalue weighted by Crippen LogP contribution is -2.39. The molecule has 0 amide bonds. The van der Waals surface area contributed by atoms with Gasteiger partial charge in [0.15, 0.2) is 0 Å². The Hall–Kier alpha value is -0.410. The summed E-state index contributed by atoms with van der Waals surface area (Å²) < 4.78 is 0. The average Bonchev–Trinajstić information content (AvgIpc) is 1.96. The van der Waals surface area contributed by atoms with Gasteiger partial charge in [0, 0.05) is 26.2 Å². The van der Waals surface area contributed by atoms with Crippen LogP contribution in [-0.4, -0.2) is 32.9 Å². The molecule has 0 atom stereocenters. The minimum atomic E-state index is 1.14. The molecule has 1 fully saturated rings. The van der Waals surface area contributed by atoms with Crippen LogP contribution in [0.15, 0.2) is 0 Å². The number of piperazine rings is 1. The number of nitrogens with one attached hydrogen (secondary N) is 3. The van der Waals surface area contributed by atoms with Crippen LogP contribution >= 0.6 is 0 Å². The van der Waals surface area contributed by atoms with E-state index in [0.717, 1.165) is 26.2 Å². The summed E-state index contributed by atoms with van der Waals surface area (Å²) >= 11 is 0. The summed E-state index contributed by atoms with van der Waals surface area (Å²) in [5, 5.41) is 11.9. The lowest BCUT2D eigenvalue weighted by atomic mass is 10.4. The summed E-state index contributed by atoms with van der Waals surface area (Å²) in [4.78, 5) is 0. The van der Waals surface area contributed by atoms with Crippen molar-refractivity contribution in [1.29, 1.82) is 5.41 Å². The number of hydrogen-bond donors (Lipinski definition) is 3. The smallest absolute Gasteiger partial charge is 0.00772 e. The van der Waals surface area contributed by atoms with Crippen LogP contribution in [0.4, 0.5) is 0 Å². The Morgan fingerprint density at radius 2 is 1.12 bits per heavy atom. The lowest BCUT2D eigenvalue weighted by Gasteiger charge is -2.11. The maximum absolute atomic E-state index is 5.50. The average molecular weight is 115 g/mol. The lowest BCUT2D eigenvalue weighted by molar-refractivity contribution is 0.534. The van der Waals surface area contributed by atoms with Gasteiger partial charge in [0.2, 0.25) is 0 Å². The van der Waals surface area contributed by atoms with Gasteiger partial charge in [-0.3, -0.25) is 0 Å². The molecule has 1 saturated heterocycles. The van der Waals surface area contributed by atoms with Crippen molar-refractivity contribution in [2.24, 2.45) is 0 Å². The zero-order chi connectivity index (χ0) is 6.24. The highest BCUT2D eigenvalue weighted by Gasteiger charge is 1.91. The maximum Gasteiger partial charge on any atom is 0.00772 e. The first-order valence-electron chi connectivity index (χ1n) is 2.77. The van der Waals surface area contributed by atoms with E-state index in [1.165, 1.54) is 0 Å². The zero-order valence-electron chi connectivity index (χ0n) is 5.04. The molecule has 0 radical (unpaired) electrons. The highest BCUT2D eigenvalue weighted by Crippen LogP contribution is 1.65. The van der Waals surface area contributed by atoms with Gasteiger partial charge in [-0.15, -0.1) is 0 Å². The molecule has 0 aromatic heterocycles. The first kappa shape index (κ1) is 7.59. The minimum Gasteiger partial charge on any atom is -0.317 e. The van der Waals surface area contributed by atoms with Gasteiger partial charge in [-0.2, -0.15) is 0 Å². The summed E-state index contributed by atoms with van der Waals surface area (Å²) in [6.07, 6.45) is 0. The van der Waals surface area contributed by atoms with Crippen LogP contribution in [0.5, 0.6) is 0 Å². The molecule has 3 nitrogen and oxygen atoms in total. The van der Waals surface area contributed by atoms with Crippen molar-refractivity contribution in [2.75, 3.05) is 26.2 Å². The van der Waals surface area contributed by atoms with Crippen LogP contribution in [0.25, 0.3) is 0 Å². The Morgan fingerprint density at radius 1 is 0.875 bits per heavy atom. The first-order valence-corrected chi connectivity index (χ1v) is 2.77. The van der Waals surface area contributed by atoms with Crippen molar-refractivity contribution < 1.29 is 0 Å². The van der Waals surface area contributed by atoms with Crippen LogP contribution < -0.4 is 10.6 Å². The van der Waals surface area contributed by atoms with Gasteiger partial charge in [0.1, 0.15) is 0 Å². The van der Waals surface area contributed by atoms with E-state index in [0.29, 0.717) is 0 Å². The van der Waals surface area contributed by atoms with Crippen molar-refractivity contribution in [3.63, 3.8) is 0 Å². The van der Waals surface area contributed by atoms with Crippen molar-refractivity contribution in [3.05, 3.63) is 0 Å². The second kappa shape index (κ2) is 6.59. The second-order valence-corrected chi connectivity index (χ2v) is 1.50.